The van der Waals surface area contributed by atoms with Gasteiger partial charge in [-0.25, -0.2) is 9.78 Å². The fourth-order valence-electron chi connectivity index (χ4n) is 4.38. The van der Waals surface area contributed by atoms with Crippen molar-refractivity contribution in [2.24, 2.45) is 11.8 Å². The summed E-state index contributed by atoms with van der Waals surface area (Å²) in [7, 11) is 0. The van der Waals surface area contributed by atoms with Gasteiger partial charge in [0, 0.05) is 11.8 Å². The third-order valence-corrected chi connectivity index (χ3v) is 5.90. The standard InChI is InChI=1S/C21H23N3O5/c1-12-6-5-9-17-22-14(10-18(25)23(12)17)11-29-21(28)13(2)24-19(26)15-7-3-4-8-16(15)20(24)27/h5-6,9-10,13,15-16H,3-4,7-8,11H2,1-2H3. The van der Waals surface area contributed by atoms with Gasteiger partial charge in [0.2, 0.25) is 11.8 Å². The molecular formula is C21H23N3O5. The minimum atomic E-state index is -0.996. The SMILES string of the molecule is Cc1cccc2nc(COC(=O)C(C)N3C(=O)C4CCCCC4C3=O)cc(=O)n12. The summed E-state index contributed by atoms with van der Waals surface area (Å²) in [4.78, 5) is 55.5. The second-order valence-electron chi connectivity index (χ2n) is 7.77. The molecule has 2 aromatic rings. The van der Waals surface area contributed by atoms with Crippen molar-refractivity contribution in [3.8, 4) is 0 Å². The maximum atomic E-state index is 12.6. The first-order chi connectivity index (χ1) is 13.9. The summed E-state index contributed by atoms with van der Waals surface area (Å²) in [5, 5.41) is 0. The Balaban J connectivity index is 1.47. The van der Waals surface area contributed by atoms with Gasteiger partial charge in [0.05, 0.1) is 17.5 Å². The lowest BCUT2D eigenvalue weighted by Crippen LogP contribution is -2.44. The van der Waals surface area contributed by atoms with Gasteiger partial charge in [-0.05, 0) is 38.8 Å². The largest absolute Gasteiger partial charge is 0.458 e. The molecule has 0 aromatic carbocycles. The Bertz CT molecular complexity index is 1040. The van der Waals surface area contributed by atoms with E-state index < -0.39 is 12.0 Å². The maximum absolute atomic E-state index is 12.6. The van der Waals surface area contributed by atoms with Gasteiger partial charge in [0.1, 0.15) is 18.3 Å². The third kappa shape index (κ3) is 3.32. The molecule has 0 bridgehead atoms. The van der Waals surface area contributed by atoms with Gasteiger partial charge in [0.25, 0.3) is 5.56 Å². The van der Waals surface area contributed by atoms with Crippen LogP contribution in [0.3, 0.4) is 0 Å². The average molecular weight is 397 g/mol. The number of carbonyl (C=O) groups excluding carboxylic acids is 3. The van der Waals surface area contributed by atoms with E-state index in [-0.39, 0.29) is 35.8 Å². The molecule has 1 saturated carbocycles. The molecule has 2 fully saturated rings. The molecule has 4 rings (SSSR count). The van der Waals surface area contributed by atoms with E-state index in [2.05, 4.69) is 4.98 Å². The van der Waals surface area contributed by atoms with Crippen molar-refractivity contribution < 1.29 is 19.1 Å². The fraction of sp³-hybridized carbons (Fsp3) is 0.476. The molecule has 1 saturated heterocycles. The number of amides is 2. The number of fused-ring (bicyclic) bond motifs is 2. The minimum Gasteiger partial charge on any atom is -0.458 e. The molecule has 0 radical (unpaired) electrons. The summed E-state index contributed by atoms with van der Waals surface area (Å²) in [6, 6.07) is 5.62. The van der Waals surface area contributed by atoms with Crippen molar-refractivity contribution in [2.45, 2.75) is 52.2 Å². The van der Waals surface area contributed by atoms with Crippen LogP contribution in [0.2, 0.25) is 0 Å². The zero-order valence-electron chi connectivity index (χ0n) is 16.5. The topological polar surface area (TPSA) is 98.0 Å². The number of aryl methyl sites for hydroxylation is 1. The summed E-state index contributed by atoms with van der Waals surface area (Å²) >= 11 is 0. The van der Waals surface area contributed by atoms with Crippen molar-refractivity contribution in [2.75, 3.05) is 0 Å². The predicted molar refractivity (Wildman–Crippen MR) is 103 cm³/mol. The Labute approximate surface area is 167 Å². The first-order valence-corrected chi connectivity index (χ1v) is 9.90. The average Bonchev–Trinajstić information content (AvgIpc) is 2.96. The van der Waals surface area contributed by atoms with Crippen molar-refractivity contribution in [3.05, 3.63) is 46.0 Å². The molecular weight excluding hydrogens is 374 g/mol. The number of hydrogen-bond donors (Lipinski definition) is 0. The molecule has 2 amide bonds. The van der Waals surface area contributed by atoms with E-state index >= 15 is 0 Å². The molecule has 2 aliphatic rings. The Hall–Kier alpha value is -3.03. The molecule has 8 heteroatoms. The second kappa shape index (κ2) is 7.42. The Morgan fingerprint density at radius 2 is 1.83 bits per heavy atom. The number of likely N-dealkylation sites (tertiary alicyclic amines) is 1. The van der Waals surface area contributed by atoms with Gasteiger partial charge in [-0.2, -0.15) is 0 Å². The summed E-state index contributed by atoms with van der Waals surface area (Å²) in [6.45, 7) is 3.10. The molecule has 3 unspecified atom stereocenters. The fourth-order valence-corrected chi connectivity index (χ4v) is 4.38. The van der Waals surface area contributed by atoms with Gasteiger partial charge < -0.3 is 4.74 Å². The first-order valence-electron chi connectivity index (χ1n) is 9.90. The number of hydrogen-bond acceptors (Lipinski definition) is 6. The number of imide groups is 1. The van der Waals surface area contributed by atoms with E-state index in [9.17, 15) is 19.2 Å². The number of rotatable bonds is 4. The van der Waals surface area contributed by atoms with Crippen LogP contribution in [0.5, 0.6) is 0 Å². The van der Waals surface area contributed by atoms with Crippen molar-refractivity contribution >= 4 is 23.4 Å². The molecule has 0 N–H and O–H groups in total. The van der Waals surface area contributed by atoms with Crippen molar-refractivity contribution in [3.63, 3.8) is 0 Å². The zero-order valence-corrected chi connectivity index (χ0v) is 16.5. The third-order valence-electron chi connectivity index (χ3n) is 5.90. The number of pyridine rings is 1. The normalized spacial score (nSPS) is 22.6. The molecule has 29 heavy (non-hydrogen) atoms. The van der Waals surface area contributed by atoms with Crippen LogP contribution in [0.4, 0.5) is 0 Å². The number of esters is 1. The van der Waals surface area contributed by atoms with Gasteiger partial charge >= 0.3 is 5.97 Å². The molecule has 2 aromatic heterocycles. The monoisotopic (exact) mass is 397 g/mol. The van der Waals surface area contributed by atoms with Crippen LogP contribution in [0.1, 0.15) is 44.0 Å². The summed E-state index contributed by atoms with van der Waals surface area (Å²) in [5.41, 5.74) is 1.27. The van der Waals surface area contributed by atoms with Crippen molar-refractivity contribution in [1.82, 2.24) is 14.3 Å². The lowest BCUT2D eigenvalue weighted by Gasteiger charge is -2.21. The molecule has 3 heterocycles. The maximum Gasteiger partial charge on any atom is 0.329 e. The molecule has 1 aliphatic heterocycles. The molecule has 3 atom stereocenters. The predicted octanol–water partition coefficient (Wildman–Crippen LogP) is 1.61. The van der Waals surface area contributed by atoms with Crippen LogP contribution in [0, 0.1) is 18.8 Å². The minimum absolute atomic E-state index is 0.202. The zero-order chi connectivity index (χ0) is 20.7. The number of ether oxygens (including phenoxy) is 1. The Morgan fingerprint density at radius 3 is 2.48 bits per heavy atom. The summed E-state index contributed by atoms with van der Waals surface area (Å²) in [5.74, 6) is -1.85. The summed E-state index contributed by atoms with van der Waals surface area (Å²) < 4.78 is 6.76. The molecule has 8 nitrogen and oxygen atoms in total. The second-order valence-corrected chi connectivity index (χ2v) is 7.77. The van der Waals surface area contributed by atoms with Crippen LogP contribution in [0.15, 0.2) is 29.1 Å². The first kappa shape index (κ1) is 19.3. The highest BCUT2D eigenvalue weighted by Gasteiger charge is 2.51. The number of aromatic nitrogens is 2. The lowest BCUT2D eigenvalue weighted by molar-refractivity contribution is -0.159. The van der Waals surface area contributed by atoms with Gasteiger partial charge in [-0.1, -0.05) is 18.9 Å². The Kier molecular flexibility index (Phi) is 4.94. The Morgan fingerprint density at radius 1 is 1.17 bits per heavy atom. The lowest BCUT2D eigenvalue weighted by atomic mass is 9.81. The van der Waals surface area contributed by atoms with E-state index in [4.69, 9.17) is 4.74 Å². The smallest absolute Gasteiger partial charge is 0.329 e. The van der Waals surface area contributed by atoms with Gasteiger partial charge in [0.15, 0.2) is 0 Å². The van der Waals surface area contributed by atoms with Crippen molar-refractivity contribution in [1.29, 1.82) is 0 Å². The van der Waals surface area contributed by atoms with Crippen LogP contribution >= 0.6 is 0 Å². The highest BCUT2D eigenvalue weighted by Crippen LogP contribution is 2.38. The van der Waals surface area contributed by atoms with Crippen LogP contribution < -0.4 is 5.56 Å². The number of nitrogens with zero attached hydrogens (tertiary/aromatic N) is 3. The van der Waals surface area contributed by atoms with E-state index in [0.29, 0.717) is 24.2 Å². The van der Waals surface area contributed by atoms with Crippen LogP contribution in [-0.2, 0) is 25.7 Å². The van der Waals surface area contributed by atoms with E-state index in [1.807, 2.05) is 0 Å². The van der Waals surface area contributed by atoms with Crippen LogP contribution in [0.25, 0.3) is 5.65 Å². The van der Waals surface area contributed by atoms with E-state index in [1.54, 1.807) is 25.1 Å². The van der Waals surface area contributed by atoms with E-state index in [1.165, 1.54) is 17.4 Å². The van der Waals surface area contributed by atoms with Gasteiger partial charge in [-0.15, -0.1) is 0 Å². The van der Waals surface area contributed by atoms with E-state index in [0.717, 1.165) is 23.4 Å². The molecule has 152 valence electrons. The molecule has 1 aliphatic carbocycles. The van der Waals surface area contributed by atoms with Gasteiger partial charge in [-0.3, -0.25) is 23.7 Å². The number of carbonyl (C=O) groups is 3. The highest BCUT2D eigenvalue weighted by molar-refractivity contribution is 6.07. The molecule has 0 spiro atoms. The quantitative estimate of drug-likeness (QED) is 0.574. The summed E-state index contributed by atoms with van der Waals surface area (Å²) in [6.07, 6.45) is 3.24. The highest BCUT2D eigenvalue weighted by atomic mass is 16.5. The van der Waals surface area contributed by atoms with Crippen LogP contribution in [-0.4, -0.2) is 38.1 Å².